The van der Waals surface area contributed by atoms with Crippen LogP contribution in [0, 0.1) is 5.82 Å². The predicted octanol–water partition coefficient (Wildman–Crippen LogP) is 3.52. The molecule has 3 rings (SSSR count). The van der Waals surface area contributed by atoms with Crippen molar-refractivity contribution in [3.05, 3.63) is 29.0 Å². The van der Waals surface area contributed by atoms with Gasteiger partial charge in [-0.3, -0.25) is 4.90 Å². The van der Waals surface area contributed by atoms with E-state index in [1.54, 1.807) is 12.1 Å². The minimum Gasteiger partial charge on any atom is -0.379 e. The molecule has 1 aromatic carbocycles. The maximum Gasteiger partial charge on any atom is 0.146 e. The third kappa shape index (κ3) is 2.47. The zero-order chi connectivity index (χ0) is 12.7. The van der Waals surface area contributed by atoms with Gasteiger partial charge in [-0.2, -0.15) is 0 Å². The van der Waals surface area contributed by atoms with E-state index in [2.05, 4.69) is 17.1 Å². The van der Waals surface area contributed by atoms with Gasteiger partial charge in [-0.1, -0.05) is 11.6 Å². The summed E-state index contributed by atoms with van der Waals surface area (Å²) < 4.78 is 13.7. The van der Waals surface area contributed by atoms with Crippen molar-refractivity contribution in [2.75, 3.05) is 11.9 Å². The Kier molecular flexibility index (Phi) is 3.20. The van der Waals surface area contributed by atoms with Gasteiger partial charge in [0.2, 0.25) is 0 Å². The summed E-state index contributed by atoms with van der Waals surface area (Å²) in [6.07, 6.45) is 3.72. The molecule has 1 saturated carbocycles. The second kappa shape index (κ2) is 4.71. The van der Waals surface area contributed by atoms with E-state index in [9.17, 15) is 4.39 Å². The maximum absolute atomic E-state index is 13.7. The first-order valence-electron chi connectivity index (χ1n) is 6.61. The third-order valence-electron chi connectivity index (χ3n) is 3.93. The molecule has 4 heteroatoms. The Morgan fingerprint density at radius 1 is 1.39 bits per heavy atom. The van der Waals surface area contributed by atoms with Crippen molar-refractivity contribution in [2.24, 2.45) is 0 Å². The summed E-state index contributed by atoms with van der Waals surface area (Å²) in [7, 11) is 0. The summed E-state index contributed by atoms with van der Waals surface area (Å²) in [5, 5.41) is 3.87. The van der Waals surface area contributed by atoms with Gasteiger partial charge in [0, 0.05) is 29.7 Å². The number of halogens is 2. The van der Waals surface area contributed by atoms with Crippen molar-refractivity contribution in [2.45, 2.75) is 44.3 Å². The number of rotatable bonds is 3. The lowest BCUT2D eigenvalue weighted by Gasteiger charge is -2.20. The van der Waals surface area contributed by atoms with Gasteiger partial charge in [-0.25, -0.2) is 4.39 Å². The quantitative estimate of drug-likeness (QED) is 0.902. The van der Waals surface area contributed by atoms with Crippen LogP contribution >= 0.6 is 11.6 Å². The molecule has 2 aliphatic rings. The molecule has 0 aromatic heterocycles. The number of nitrogens with zero attached hydrogens (tertiary/aromatic N) is 1. The fourth-order valence-electron chi connectivity index (χ4n) is 2.90. The molecular weight excluding hydrogens is 251 g/mol. The fraction of sp³-hybridized carbons (Fsp3) is 0.571. The molecule has 2 fully saturated rings. The van der Waals surface area contributed by atoms with Crippen LogP contribution in [0.4, 0.5) is 10.1 Å². The highest BCUT2D eigenvalue weighted by Crippen LogP contribution is 2.34. The molecule has 18 heavy (non-hydrogen) atoms. The van der Waals surface area contributed by atoms with Gasteiger partial charge in [-0.05, 0) is 44.4 Å². The van der Waals surface area contributed by atoms with Gasteiger partial charge in [0.05, 0.1) is 5.69 Å². The number of likely N-dealkylation sites (tertiary alicyclic amines) is 1. The summed E-state index contributed by atoms with van der Waals surface area (Å²) in [5.74, 6) is -0.225. The van der Waals surface area contributed by atoms with E-state index in [0.29, 0.717) is 22.8 Å². The fourth-order valence-corrected chi connectivity index (χ4v) is 3.08. The normalized spacial score (nSPS) is 28.6. The van der Waals surface area contributed by atoms with Crippen molar-refractivity contribution in [3.8, 4) is 0 Å². The second-order valence-electron chi connectivity index (χ2n) is 5.48. The third-order valence-corrected chi connectivity index (χ3v) is 4.16. The minimum atomic E-state index is -0.225. The van der Waals surface area contributed by atoms with E-state index in [1.807, 2.05) is 0 Å². The lowest BCUT2D eigenvalue weighted by atomic mass is 10.2. The average Bonchev–Trinajstić information content (AvgIpc) is 3.09. The molecule has 1 aliphatic heterocycles. The van der Waals surface area contributed by atoms with Crippen molar-refractivity contribution in [1.29, 1.82) is 0 Å². The molecule has 1 heterocycles. The lowest BCUT2D eigenvalue weighted by molar-refractivity contribution is 0.257. The summed E-state index contributed by atoms with van der Waals surface area (Å²) >= 11 is 5.90. The van der Waals surface area contributed by atoms with Gasteiger partial charge < -0.3 is 5.32 Å². The van der Waals surface area contributed by atoms with Crippen molar-refractivity contribution >= 4 is 17.3 Å². The molecule has 1 N–H and O–H groups in total. The van der Waals surface area contributed by atoms with Crippen molar-refractivity contribution in [1.82, 2.24) is 4.90 Å². The van der Waals surface area contributed by atoms with Gasteiger partial charge in [-0.15, -0.1) is 0 Å². The molecule has 1 aromatic rings. The maximum atomic E-state index is 13.7. The number of hydrogen-bond donors (Lipinski definition) is 1. The first kappa shape index (κ1) is 12.2. The van der Waals surface area contributed by atoms with Crippen LogP contribution in [-0.2, 0) is 0 Å². The Labute approximate surface area is 112 Å². The van der Waals surface area contributed by atoms with Crippen LogP contribution in [-0.4, -0.2) is 29.6 Å². The van der Waals surface area contributed by atoms with Gasteiger partial charge in [0.25, 0.3) is 0 Å². The molecule has 1 aliphatic carbocycles. The van der Waals surface area contributed by atoms with Crippen LogP contribution in [0.3, 0.4) is 0 Å². The van der Waals surface area contributed by atoms with Crippen LogP contribution < -0.4 is 5.32 Å². The van der Waals surface area contributed by atoms with Crippen LogP contribution in [0.15, 0.2) is 18.2 Å². The Balaban J connectivity index is 1.68. The average molecular weight is 269 g/mol. The summed E-state index contributed by atoms with van der Waals surface area (Å²) in [6.45, 7) is 3.27. The first-order chi connectivity index (χ1) is 8.63. The Morgan fingerprint density at radius 2 is 2.17 bits per heavy atom. The standard InChI is InChI=1S/C14H18ClFN2/c1-9-6-11(8-18(9)12-3-4-12)17-14-7-10(15)2-5-13(14)16/h2,5,7,9,11-12,17H,3-4,6,8H2,1H3. The number of nitrogens with one attached hydrogen (secondary N) is 1. The summed E-state index contributed by atoms with van der Waals surface area (Å²) in [6, 6.07) is 6.36. The molecule has 2 nitrogen and oxygen atoms in total. The summed E-state index contributed by atoms with van der Waals surface area (Å²) in [5.41, 5.74) is 0.525. The minimum absolute atomic E-state index is 0.225. The number of hydrogen-bond acceptors (Lipinski definition) is 2. The molecule has 1 saturated heterocycles. The Bertz CT molecular complexity index is 447. The van der Waals surface area contributed by atoms with Crippen LogP contribution in [0.25, 0.3) is 0 Å². The first-order valence-corrected chi connectivity index (χ1v) is 6.98. The van der Waals surface area contributed by atoms with E-state index >= 15 is 0 Å². The highest BCUT2D eigenvalue weighted by atomic mass is 35.5. The second-order valence-corrected chi connectivity index (χ2v) is 5.91. The van der Waals surface area contributed by atoms with Crippen LogP contribution in [0.5, 0.6) is 0 Å². The Morgan fingerprint density at radius 3 is 2.89 bits per heavy atom. The van der Waals surface area contributed by atoms with Crippen molar-refractivity contribution < 1.29 is 4.39 Å². The molecule has 98 valence electrons. The van der Waals surface area contributed by atoms with Crippen LogP contribution in [0.2, 0.25) is 5.02 Å². The van der Waals surface area contributed by atoms with Gasteiger partial charge >= 0.3 is 0 Å². The van der Waals surface area contributed by atoms with E-state index in [1.165, 1.54) is 18.9 Å². The smallest absolute Gasteiger partial charge is 0.146 e. The molecule has 0 bridgehead atoms. The SMILES string of the molecule is CC1CC(Nc2cc(Cl)ccc2F)CN1C1CC1. The van der Waals surface area contributed by atoms with Crippen molar-refractivity contribution in [3.63, 3.8) is 0 Å². The molecule has 0 spiro atoms. The molecule has 2 atom stereocenters. The highest BCUT2D eigenvalue weighted by molar-refractivity contribution is 6.30. The molecule has 0 amide bonds. The Hall–Kier alpha value is -0.800. The zero-order valence-electron chi connectivity index (χ0n) is 10.5. The monoisotopic (exact) mass is 268 g/mol. The molecular formula is C14H18ClFN2. The van der Waals surface area contributed by atoms with Gasteiger partial charge in [0.15, 0.2) is 0 Å². The summed E-state index contributed by atoms with van der Waals surface area (Å²) in [4.78, 5) is 2.54. The van der Waals surface area contributed by atoms with E-state index in [0.717, 1.165) is 19.0 Å². The predicted molar refractivity (Wildman–Crippen MR) is 72.6 cm³/mol. The van der Waals surface area contributed by atoms with E-state index in [4.69, 9.17) is 11.6 Å². The lowest BCUT2D eigenvalue weighted by Crippen LogP contribution is -2.31. The van der Waals surface area contributed by atoms with E-state index in [-0.39, 0.29) is 5.82 Å². The molecule has 2 unspecified atom stereocenters. The number of anilines is 1. The van der Waals surface area contributed by atoms with E-state index < -0.39 is 0 Å². The van der Waals surface area contributed by atoms with Gasteiger partial charge in [0.1, 0.15) is 5.82 Å². The highest BCUT2D eigenvalue weighted by Gasteiger charge is 2.38. The largest absolute Gasteiger partial charge is 0.379 e. The number of benzene rings is 1. The topological polar surface area (TPSA) is 15.3 Å². The zero-order valence-corrected chi connectivity index (χ0v) is 11.3. The van der Waals surface area contributed by atoms with Crippen LogP contribution in [0.1, 0.15) is 26.2 Å². The molecule has 0 radical (unpaired) electrons.